The molecule has 2 atom stereocenters. The van der Waals surface area contributed by atoms with Crippen LogP contribution in [0.3, 0.4) is 0 Å². The van der Waals surface area contributed by atoms with E-state index in [0.29, 0.717) is 35.6 Å². The molecule has 1 unspecified atom stereocenters. The Morgan fingerprint density at radius 1 is 1.11 bits per heavy atom. The number of imide groups is 1. The zero-order chi connectivity index (χ0) is 34.1. The van der Waals surface area contributed by atoms with Gasteiger partial charge in [-0.25, -0.2) is 9.29 Å². The van der Waals surface area contributed by atoms with Crippen molar-refractivity contribution in [1.29, 1.82) is 0 Å². The molecule has 4 N–H and O–H groups in total. The van der Waals surface area contributed by atoms with E-state index in [-0.39, 0.29) is 56.1 Å². The maximum absolute atomic E-state index is 14.5. The van der Waals surface area contributed by atoms with Gasteiger partial charge in [0.2, 0.25) is 5.91 Å². The number of carboxylic acids is 1. The van der Waals surface area contributed by atoms with Crippen LogP contribution in [0.25, 0.3) is 11.6 Å². The number of nitrogens with one attached hydrogen (secondary N) is 3. The number of aromatic nitrogens is 1. The van der Waals surface area contributed by atoms with E-state index in [1.165, 1.54) is 12.1 Å². The van der Waals surface area contributed by atoms with Crippen LogP contribution in [0, 0.1) is 19.7 Å². The third-order valence-electron chi connectivity index (χ3n) is 7.88. The number of halogens is 1. The summed E-state index contributed by atoms with van der Waals surface area (Å²) in [6.45, 7) is 12.0. The van der Waals surface area contributed by atoms with E-state index >= 15 is 0 Å². The van der Waals surface area contributed by atoms with Gasteiger partial charge in [0, 0.05) is 49.3 Å². The quantitative estimate of drug-likeness (QED) is 0.158. The average Bonchev–Trinajstić information content (AvgIpc) is 3.45. The number of likely N-dealkylation sites (N-methyl/N-ethyl adjacent to an activating group) is 1. The molecule has 0 aliphatic carbocycles. The number of H-pyrrole nitrogens is 1. The number of rotatable bonds is 16. The van der Waals surface area contributed by atoms with Crippen LogP contribution in [-0.2, 0) is 24.0 Å². The van der Waals surface area contributed by atoms with Crippen LogP contribution in [0.4, 0.5) is 10.1 Å². The van der Waals surface area contributed by atoms with E-state index in [1.54, 1.807) is 20.5 Å². The molecule has 0 bridgehead atoms. The Kier molecular flexibility index (Phi) is 12.9. The summed E-state index contributed by atoms with van der Waals surface area (Å²) in [5.41, 5.74) is 1.95. The molecule has 1 aromatic heterocycles. The second kappa shape index (κ2) is 16.4. The van der Waals surface area contributed by atoms with Gasteiger partial charge in [0.25, 0.3) is 17.7 Å². The Morgan fingerprint density at radius 3 is 2.43 bits per heavy atom. The van der Waals surface area contributed by atoms with Crippen LogP contribution >= 0.6 is 8.58 Å². The normalized spacial score (nSPS) is 14.3. The van der Waals surface area contributed by atoms with Crippen LogP contribution in [-0.4, -0.2) is 89.0 Å². The summed E-state index contributed by atoms with van der Waals surface area (Å²) in [5, 5.41) is 14.6. The highest BCUT2D eigenvalue weighted by Crippen LogP contribution is 2.39. The number of nitrogens with zero attached hydrogens (tertiary/aromatic N) is 2. The monoisotopic (exact) mass is 657 g/mol. The van der Waals surface area contributed by atoms with Crippen molar-refractivity contribution in [3.8, 4) is 0 Å². The fraction of sp³-hybridized carbons (Fsp3) is 0.438. The molecule has 0 fully saturated rings. The zero-order valence-electron chi connectivity index (χ0n) is 26.7. The van der Waals surface area contributed by atoms with E-state index in [0.717, 1.165) is 30.1 Å². The Balaban J connectivity index is 1.94. The fourth-order valence-electron chi connectivity index (χ4n) is 5.28. The summed E-state index contributed by atoms with van der Waals surface area (Å²) in [6.07, 6.45) is 0.417. The minimum atomic E-state index is -1.40. The van der Waals surface area contributed by atoms with Gasteiger partial charge in [-0.3, -0.25) is 28.8 Å². The van der Waals surface area contributed by atoms with Gasteiger partial charge in [0.1, 0.15) is 11.9 Å². The minimum absolute atomic E-state index is 0.000159. The van der Waals surface area contributed by atoms with Crippen LogP contribution in [0.1, 0.15) is 72.4 Å². The molecule has 46 heavy (non-hydrogen) atoms. The topological polar surface area (TPSA) is 169 Å². The van der Waals surface area contributed by atoms with Gasteiger partial charge < -0.3 is 25.6 Å². The van der Waals surface area contributed by atoms with E-state index < -0.39 is 42.0 Å². The van der Waals surface area contributed by atoms with Crippen LogP contribution < -0.4 is 15.5 Å². The number of fused-ring (bicyclic) bond motifs is 1. The van der Waals surface area contributed by atoms with Crippen molar-refractivity contribution in [2.45, 2.75) is 59.4 Å². The minimum Gasteiger partial charge on any atom is -0.481 e. The first-order valence-electron chi connectivity index (χ1n) is 15.1. The van der Waals surface area contributed by atoms with Crippen molar-refractivity contribution in [2.75, 3.05) is 37.7 Å². The highest BCUT2D eigenvalue weighted by atomic mass is 31.1. The largest absolute Gasteiger partial charge is 0.481 e. The molecule has 3 rings (SSSR count). The van der Waals surface area contributed by atoms with E-state index in [4.69, 9.17) is 0 Å². The number of aliphatic carboxylic acids is 1. The summed E-state index contributed by atoms with van der Waals surface area (Å²) < 4.78 is 14.5. The molecule has 0 saturated heterocycles. The third-order valence-corrected chi connectivity index (χ3v) is 8.69. The van der Waals surface area contributed by atoms with Crippen molar-refractivity contribution in [3.63, 3.8) is 0 Å². The molecule has 1 aliphatic rings. The molecular weight excluding hydrogens is 616 g/mol. The first-order valence-corrected chi connectivity index (χ1v) is 16.6. The molecule has 248 valence electrons. The Hall–Kier alpha value is -4.22. The van der Waals surface area contributed by atoms with Gasteiger partial charge in [0.15, 0.2) is 5.52 Å². The van der Waals surface area contributed by atoms with Gasteiger partial charge in [-0.1, -0.05) is 22.4 Å². The number of aromatic amines is 1. The molecule has 2 heterocycles. The van der Waals surface area contributed by atoms with E-state index in [1.807, 2.05) is 13.8 Å². The highest BCUT2D eigenvalue weighted by Gasteiger charge is 2.40. The van der Waals surface area contributed by atoms with Gasteiger partial charge >= 0.3 is 5.97 Å². The predicted octanol–water partition coefficient (Wildman–Crippen LogP) is 3.22. The van der Waals surface area contributed by atoms with Crippen LogP contribution in [0.15, 0.2) is 18.2 Å². The third kappa shape index (κ3) is 8.73. The van der Waals surface area contributed by atoms with Gasteiger partial charge in [0.05, 0.1) is 16.8 Å². The number of aryl methyl sites for hydroxylation is 1. The molecule has 0 spiro atoms. The lowest BCUT2D eigenvalue weighted by molar-refractivity contribution is -0.137. The van der Waals surface area contributed by atoms with E-state index in [2.05, 4.69) is 20.5 Å². The Labute approximate surface area is 268 Å². The lowest BCUT2D eigenvalue weighted by Crippen LogP contribution is -2.50. The van der Waals surface area contributed by atoms with Crippen molar-refractivity contribution in [3.05, 3.63) is 52.1 Å². The van der Waals surface area contributed by atoms with Crippen molar-refractivity contribution in [1.82, 2.24) is 20.5 Å². The molecule has 1 aliphatic heterocycles. The second-order valence-corrected chi connectivity index (χ2v) is 11.9. The highest BCUT2D eigenvalue weighted by molar-refractivity contribution is 7.57. The lowest BCUT2D eigenvalue weighted by atomic mass is 10.0. The van der Waals surface area contributed by atoms with Gasteiger partial charge in [-0.15, -0.1) is 0 Å². The first kappa shape index (κ1) is 36.3. The summed E-state index contributed by atoms with van der Waals surface area (Å²) in [6, 6.07) is 2.06. The van der Waals surface area contributed by atoms with Crippen molar-refractivity contribution >= 4 is 61.0 Å². The van der Waals surface area contributed by atoms with Crippen molar-refractivity contribution < 1.29 is 38.3 Å². The molecule has 2 aromatic rings. The number of carbonyl (C=O) groups excluding carboxylic acids is 5. The SMILES string of the molecule is CCN(CC)CCNC(=O)c1c(C)[nH]c(/C=C2\C(=O)N(C(=O)[C@H](CCC(=O)O)NC(=O)CCC(=O)PC)c3ccc(F)cc32)c1C. The molecule has 12 nitrogen and oxygen atoms in total. The zero-order valence-corrected chi connectivity index (χ0v) is 27.7. The molecule has 0 radical (unpaired) electrons. The Morgan fingerprint density at radius 2 is 1.80 bits per heavy atom. The predicted molar refractivity (Wildman–Crippen MR) is 174 cm³/mol. The number of hydrogen-bond donors (Lipinski definition) is 4. The van der Waals surface area contributed by atoms with Crippen molar-refractivity contribution in [2.24, 2.45) is 0 Å². The summed E-state index contributed by atoms with van der Waals surface area (Å²) in [7, 11) is 0.000159. The molecule has 14 heteroatoms. The standard InChI is InChI=1S/C32H41FN5O7P/c1-6-37(7-2)15-14-34-30(43)29-18(3)24(35-19(29)4)17-22-21-16-20(33)8-10-25(21)38(31(22)44)32(45)23(9-12-27(40)41)36-26(39)11-13-28(42)46-5/h8,10,16-17,23,35,46H,6-7,9,11-15H2,1-5H3,(H,34,43)(H,36,39)(H,40,41)/b22-17-/t23-/m0/s1. The average molecular weight is 658 g/mol. The van der Waals surface area contributed by atoms with Crippen LogP contribution in [0.2, 0.25) is 0 Å². The summed E-state index contributed by atoms with van der Waals surface area (Å²) >= 11 is 0. The Bertz CT molecular complexity index is 1550. The number of carbonyl (C=O) groups is 6. The van der Waals surface area contributed by atoms with Gasteiger partial charge in [-0.2, -0.15) is 0 Å². The smallest absolute Gasteiger partial charge is 0.303 e. The number of anilines is 1. The molecular formula is C32H41FN5O7P. The van der Waals surface area contributed by atoms with E-state index in [9.17, 15) is 38.3 Å². The maximum Gasteiger partial charge on any atom is 0.303 e. The van der Waals surface area contributed by atoms with Crippen LogP contribution in [0.5, 0.6) is 0 Å². The lowest BCUT2D eigenvalue weighted by Gasteiger charge is -2.23. The fourth-order valence-corrected chi connectivity index (χ4v) is 5.66. The first-order chi connectivity index (χ1) is 21.8. The summed E-state index contributed by atoms with van der Waals surface area (Å²) in [5.74, 6) is -4.50. The summed E-state index contributed by atoms with van der Waals surface area (Å²) in [4.78, 5) is 82.5. The number of carboxylic acid groups (broad SMARTS) is 1. The number of hydrogen-bond acceptors (Lipinski definition) is 7. The molecule has 4 amide bonds. The molecule has 1 aromatic carbocycles. The maximum atomic E-state index is 14.5. The second-order valence-electron chi connectivity index (χ2n) is 10.9. The van der Waals surface area contributed by atoms with Gasteiger partial charge in [-0.05, 0) is 69.9 Å². The number of benzene rings is 1. The molecule has 0 saturated carbocycles. The number of amides is 4.